The number of carbonyl (C=O) groups is 1. The number of pyridine rings is 3. The van der Waals surface area contributed by atoms with Crippen LogP contribution in [0.4, 0.5) is 19.3 Å². The van der Waals surface area contributed by atoms with E-state index in [0.29, 0.717) is 17.1 Å². The summed E-state index contributed by atoms with van der Waals surface area (Å²) in [6.45, 7) is 6.41. The van der Waals surface area contributed by atoms with E-state index in [-0.39, 0.29) is 65.9 Å². The van der Waals surface area contributed by atoms with E-state index in [1.807, 2.05) is 25.7 Å². The molecular formula is C30H29F2N5O5. The van der Waals surface area contributed by atoms with Crippen molar-refractivity contribution >= 4 is 22.8 Å². The lowest BCUT2D eigenvalue weighted by atomic mass is 10.0. The Kier molecular flexibility index (Phi) is 6.71. The average Bonchev–Trinajstić information content (AvgIpc) is 2.97. The van der Waals surface area contributed by atoms with E-state index in [4.69, 9.17) is 9.47 Å². The van der Waals surface area contributed by atoms with E-state index in [0.717, 1.165) is 5.56 Å². The third kappa shape index (κ3) is 4.20. The number of fused-ring (bicyclic) bond motifs is 5. The van der Waals surface area contributed by atoms with Crippen molar-refractivity contribution in [3.8, 4) is 28.4 Å². The second-order valence-electron chi connectivity index (χ2n) is 10.7. The lowest BCUT2D eigenvalue weighted by molar-refractivity contribution is 0.123. The smallest absolute Gasteiger partial charge is 0.407 e. The van der Waals surface area contributed by atoms with Gasteiger partial charge in [-0.3, -0.25) is 14.3 Å². The summed E-state index contributed by atoms with van der Waals surface area (Å²) in [6, 6.07) is 6.74. The minimum Gasteiger partial charge on any atom is -0.496 e. The average molecular weight is 578 g/mol. The predicted octanol–water partition coefficient (Wildman–Crippen LogP) is 4.73. The van der Waals surface area contributed by atoms with Gasteiger partial charge in [0.05, 0.1) is 35.8 Å². The van der Waals surface area contributed by atoms with Crippen molar-refractivity contribution in [2.75, 3.05) is 38.3 Å². The summed E-state index contributed by atoms with van der Waals surface area (Å²) in [5, 5.41) is 9.82. The molecule has 5 heterocycles. The maximum absolute atomic E-state index is 16.1. The molecule has 0 saturated carbocycles. The normalized spacial score (nSPS) is 16.3. The molecule has 1 atom stereocenters. The molecule has 0 aliphatic carbocycles. The number of aryl methyl sites for hydroxylation is 1. The Hall–Kier alpha value is -4.74. The molecule has 12 heteroatoms. The molecular weight excluding hydrogens is 548 g/mol. The van der Waals surface area contributed by atoms with Gasteiger partial charge in [0, 0.05) is 31.2 Å². The number of rotatable bonds is 4. The largest absolute Gasteiger partial charge is 0.496 e. The number of aromatic nitrogens is 3. The molecule has 3 aromatic heterocycles. The first-order chi connectivity index (χ1) is 20.1. The van der Waals surface area contributed by atoms with Gasteiger partial charge in [-0.25, -0.2) is 18.6 Å². The molecule has 0 unspecified atom stereocenters. The summed E-state index contributed by atoms with van der Waals surface area (Å²) >= 11 is 0. The lowest BCUT2D eigenvalue weighted by Gasteiger charge is -2.45. The Morgan fingerprint density at radius 1 is 1.17 bits per heavy atom. The Balaban J connectivity index is 1.72. The Bertz CT molecular complexity index is 1810. The molecule has 4 aromatic rings. The number of hydrogen-bond acceptors (Lipinski definition) is 7. The number of amides is 1. The van der Waals surface area contributed by atoms with Crippen LogP contribution in [0.1, 0.15) is 31.0 Å². The second-order valence-corrected chi connectivity index (χ2v) is 10.7. The molecule has 1 fully saturated rings. The summed E-state index contributed by atoms with van der Waals surface area (Å²) in [4.78, 5) is 38.4. The van der Waals surface area contributed by atoms with Crippen LogP contribution in [0.2, 0.25) is 0 Å². The van der Waals surface area contributed by atoms with Crippen LogP contribution in [0, 0.1) is 18.6 Å². The van der Waals surface area contributed by atoms with Crippen molar-refractivity contribution in [1.82, 2.24) is 19.4 Å². The summed E-state index contributed by atoms with van der Waals surface area (Å²) < 4.78 is 44.0. The number of halogens is 2. The summed E-state index contributed by atoms with van der Waals surface area (Å²) in [6.07, 6.45) is 0.608. The fourth-order valence-corrected chi connectivity index (χ4v) is 5.88. The second kappa shape index (κ2) is 10.3. The van der Waals surface area contributed by atoms with E-state index >= 15 is 8.78 Å². The van der Waals surface area contributed by atoms with Gasteiger partial charge in [0.15, 0.2) is 11.5 Å². The van der Waals surface area contributed by atoms with E-state index < -0.39 is 29.3 Å². The third-order valence-electron chi connectivity index (χ3n) is 7.85. The van der Waals surface area contributed by atoms with Crippen LogP contribution < -0.4 is 19.9 Å². The van der Waals surface area contributed by atoms with Crippen molar-refractivity contribution in [2.45, 2.75) is 32.7 Å². The van der Waals surface area contributed by atoms with E-state index in [1.165, 1.54) is 40.8 Å². The van der Waals surface area contributed by atoms with Gasteiger partial charge in [0.25, 0.3) is 0 Å². The Labute approximate surface area is 239 Å². The van der Waals surface area contributed by atoms with Gasteiger partial charge in [0.1, 0.15) is 23.9 Å². The minimum absolute atomic E-state index is 0.0120. The molecule has 1 saturated heterocycles. The third-order valence-corrected chi connectivity index (χ3v) is 7.85. The highest BCUT2D eigenvalue weighted by Gasteiger charge is 2.39. The van der Waals surface area contributed by atoms with Crippen LogP contribution in [0.25, 0.3) is 28.0 Å². The molecule has 0 radical (unpaired) electrons. The van der Waals surface area contributed by atoms with Crippen molar-refractivity contribution in [3.05, 3.63) is 69.8 Å². The quantitative estimate of drug-likeness (QED) is 0.371. The van der Waals surface area contributed by atoms with Crippen LogP contribution in [0.5, 0.6) is 11.5 Å². The molecule has 1 amide bonds. The van der Waals surface area contributed by atoms with Crippen molar-refractivity contribution < 1.29 is 28.2 Å². The first-order valence-corrected chi connectivity index (χ1v) is 13.6. The fourth-order valence-electron chi connectivity index (χ4n) is 5.88. The molecule has 2 aliphatic rings. The number of methoxy groups -OCH3 is 1. The number of ether oxygens (including phenoxy) is 2. The van der Waals surface area contributed by atoms with Crippen LogP contribution >= 0.6 is 0 Å². The van der Waals surface area contributed by atoms with Gasteiger partial charge >= 0.3 is 11.7 Å². The molecule has 10 nitrogen and oxygen atoms in total. The van der Waals surface area contributed by atoms with Crippen molar-refractivity contribution in [2.24, 2.45) is 0 Å². The molecule has 1 aromatic carbocycles. The molecule has 6 rings (SSSR count). The monoisotopic (exact) mass is 577 g/mol. The maximum Gasteiger partial charge on any atom is 0.407 e. The molecule has 218 valence electrons. The highest BCUT2D eigenvalue weighted by Crippen LogP contribution is 2.42. The SMILES string of the molecule is COc1cccc(F)c1-c1nc2c(cc1F)c1c(c(=O)n2-c2c(C)ccnc2C(C)C)OC[C@@H]2CN(C(=O)O)CCN12. The van der Waals surface area contributed by atoms with Gasteiger partial charge in [-0.1, -0.05) is 19.9 Å². The molecule has 2 aliphatic heterocycles. The van der Waals surface area contributed by atoms with Gasteiger partial charge in [-0.05, 0) is 42.7 Å². The standard InChI is InChI=1S/C30H29F2N5O5/c1-15(2)23-25(16(3)8-9-33-23)37-28-18(12-20(32)24(34-28)22-19(31)6-5-7-21(22)41-4)26-27(29(37)38)42-14-17-13-35(30(39)40)10-11-36(17)26/h5-9,12,15,17H,10-11,13-14H2,1-4H3,(H,39,40)/t17-/m0/s1. The van der Waals surface area contributed by atoms with E-state index in [2.05, 4.69) is 9.97 Å². The van der Waals surface area contributed by atoms with Gasteiger partial charge in [0.2, 0.25) is 5.75 Å². The van der Waals surface area contributed by atoms with E-state index in [1.54, 1.807) is 12.3 Å². The Morgan fingerprint density at radius 2 is 1.95 bits per heavy atom. The number of hydrogen-bond donors (Lipinski definition) is 1. The highest BCUT2D eigenvalue weighted by atomic mass is 19.1. The first-order valence-electron chi connectivity index (χ1n) is 13.6. The highest BCUT2D eigenvalue weighted by molar-refractivity contribution is 5.96. The zero-order valence-electron chi connectivity index (χ0n) is 23.5. The number of carboxylic acid groups (broad SMARTS) is 1. The molecule has 0 spiro atoms. The minimum atomic E-state index is -1.05. The summed E-state index contributed by atoms with van der Waals surface area (Å²) in [5.74, 6) is -1.55. The van der Waals surface area contributed by atoms with Crippen LogP contribution in [0.3, 0.4) is 0 Å². The Morgan fingerprint density at radius 3 is 2.67 bits per heavy atom. The molecule has 42 heavy (non-hydrogen) atoms. The predicted molar refractivity (Wildman–Crippen MR) is 152 cm³/mol. The van der Waals surface area contributed by atoms with Crippen molar-refractivity contribution in [1.29, 1.82) is 0 Å². The number of anilines is 1. The first kappa shape index (κ1) is 27.4. The van der Waals surface area contributed by atoms with E-state index in [9.17, 15) is 14.7 Å². The van der Waals surface area contributed by atoms with Crippen LogP contribution in [-0.4, -0.2) is 70.0 Å². The maximum atomic E-state index is 16.1. The number of benzene rings is 1. The molecule has 0 bridgehead atoms. The van der Waals surface area contributed by atoms with Gasteiger partial charge in [-0.15, -0.1) is 0 Å². The van der Waals surface area contributed by atoms with Crippen LogP contribution in [-0.2, 0) is 0 Å². The zero-order chi connectivity index (χ0) is 29.9. The van der Waals surface area contributed by atoms with Crippen molar-refractivity contribution in [3.63, 3.8) is 0 Å². The molecule has 1 N–H and O–H groups in total. The summed E-state index contributed by atoms with van der Waals surface area (Å²) in [5.41, 5.74) is 1.24. The van der Waals surface area contributed by atoms with Crippen LogP contribution in [0.15, 0.2) is 41.3 Å². The fraction of sp³-hybridized carbons (Fsp3) is 0.333. The topological polar surface area (TPSA) is 110 Å². The number of nitrogens with zero attached hydrogens (tertiary/aromatic N) is 5. The van der Waals surface area contributed by atoms with Gasteiger partial charge < -0.3 is 24.4 Å². The zero-order valence-corrected chi connectivity index (χ0v) is 23.5. The number of piperazine rings is 1. The lowest BCUT2D eigenvalue weighted by Crippen LogP contribution is -2.58. The summed E-state index contributed by atoms with van der Waals surface area (Å²) in [7, 11) is 1.35. The van der Waals surface area contributed by atoms with Gasteiger partial charge in [-0.2, -0.15) is 0 Å².